The van der Waals surface area contributed by atoms with Crippen molar-refractivity contribution in [2.45, 2.75) is 19.4 Å². The van der Waals surface area contributed by atoms with Gasteiger partial charge in [0, 0.05) is 29.2 Å². The molecule has 0 aliphatic carbocycles. The number of nitrogens with zero attached hydrogens (tertiary/aromatic N) is 1. The van der Waals surface area contributed by atoms with E-state index in [9.17, 15) is 13.2 Å². The summed E-state index contributed by atoms with van der Waals surface area (Å²) >= 11 is 0. The second-order valence-electron chi connectivity index (χ2n) is 6.50. The fraction of sp³-hybridized carbons (Fsp3) is 0.471. The predicted molar refractivity (Wildman–Crippen MR) is 91.5 cm³/mol. The Hall–Kier alpha value is -1.66. The van der Waals surface area contributed by atoms with Crippen molar-refractivity contribution in [3.8, 4) is 0 Å². The van der Waals surface area contributed by atoms with Crippen LogP contribution < -0.4 is 0 Å². The summed E-state index contributed by atoms with van der Waals surface area (Å²) in [5, 5.41) is 0.932. The maximum absolute atomic E-state index is 12.8. The van der Waals surface area contributed by atoms with Crippen LogP contribution in [0.1, 0.15) is 23.7 Å². The molecule has 2 atom stereocenters. The minimum Gasteiger partial charge on any atom is -0.360 e. The smallest absolute Gasteiger partial charge is 0.181 e. The molecular weight excluding hydrogens is 312 g/mol. The number of fused-ring (bicyclic) bond motifs is 1. The lowest BCUT2D eigenvalue weighted by Gasteiger charge is -2.25. The lowest BCUT2D eigenvalue weighted by molar-refractivity contribution is 0.0857. The standard InChI is InChI=1S/C17H22N2O3S/c1-12(19(2)10-13-7-8-23(21,22)11-13)17(20)15-9-18-16-6-4-3-5-14(15)16/h3-6,9,12-13,18H,7-8,10-11H2,1-2H3/t12-,13+/m0/s1. The molecule has 23 heavy (non-hydrogen) atoms. The highest BCUT2D eigenvalue weighted by molar-refractivity contribution is 7.91. The number of rotatable bonds is 5. The van der Waals surface area contributed by atoms with Gasteiger partial charge in [-0.2, -0.15) is 0 Å². The first-order valence-electron chi connectivity index (χ1n) is 7.88. The van der Waals surface area contributed by atoms with Gasteiger partial charge in [-0.05, 0) is 32.4 Å². The number of sulfone groups is 1. The highest BCUT2D eigenvalue weighted by Gasteiger charge is 2.31. The molecule has 2 heterocycles. The Labute approximate surface area is 136 Å². The van der Waals surface area contributed by atoms with Crippen molar-refractivity contribution in [3.63, 3.8) is 0 Å². The lowest BCUT2D eigenvalue weighted by atomic mass is 10.0. The van der Waals surface area contributed by atoms with Crippen molar-refractivity contribution in [1.82, 2.24) is 9.88 Å². The zero-order chi connectivity index (χ0) is 16.6. The van der Waals surface area contributed by atoms with Crippen LogP contribution in [-0.2, 0) is 9.84 Å². The van der Waals surface area contributed by atoms with Gasteiger partial charge in [-0.25, -0.2) is 8.42 Å². The van der Waals surface area contributed by atoms with E-state index in [4.69, 9.17) is 0 Å². The quantitative estimate of drug-likeness (QED) is 0.850. The number of aromatic amines is 1. The van der Waals surface area contributed by atoms with Crippen molar-refractivity contribution < 1.29 is 13.2 Å². The molecule has 2 aromatic rings. The fourth-order valence-electron chi connectivity index (χ4n) is 3.28. The number of carbonyl (C=O) groups is 1. The number of ketones is 1. The number of para-hydroxylation sites is 1. The van der Waals surface area contributed by atoms with Gasteiger partial charge in [0.1, 0.15) is 0 Å². The zero-order valence-corrected chi connectivity index (χ0v) is 14.3. The molecule has 124 valence electrons. The van der Waals surface area contributed by atoms with E-state index in [1.807, 2.05) is 43.1 Å². The first-order chi connectivity index (χ1) is 10.9. The van der Waals surface area contributed by atoms with Gasteiger partial charge in [0.05, 0.1) is 17.5 Å². The monoisotopic (exact) mass is 334 g/mol. The van der Waals surface area contributed by atoms with E-state index in [0.717, 1.165) is 10.9 Å². The predicted octanol–water partition coefficient (Wildman–Crippen LogP) is 2.11. The third-order valence-corrected chi connectivity index (χ3v) is 6.61. The third-order valence-electron chi connectivity index (χ3n) is 4.77. The number of Topliss-reactive ketones (excluding diaryl/α,β-unsaturated/α-hetero) is 1. The number of hydrogen-bond acceptors (Lipinski definition) is 4. The molecule has 0 unspecified atom stereocenters. The highest BCUT2D eigenvalue weighted by atomic mass is 32.2. The van der Waals surface area contributed by atoms with Crippen LogP contribution in [0.25, 0.3) is 10.9 Å². The van der Waals surface area contributed by atoms with E-state index in [1.54, 1.807) is 6.20 Å². The molecule has 1 fully saturated rings. The van der Waals surface area contributed by atoms with E-state index >= 15 is 0 Å². The second kappa shape index (κ2) is 6.09. The van der Waals surface area contributed by atoms with E-state index in [1.165, 1.54) is 0 Å². The summed E-state index contributed by atoms with van der Waals surface area (Å²) < 4.78 is 23.1. The molecule has 0 amide bonds. The number of hydrogen-bond donors (Lipinski definition) is 1. The number of carbonyl (C=O) groups excluding carboxylic acids is 1. The van der Waals surface area contributed by atoms with Crippen LogP contribution in [0, 0.1) is 5.92 Å². The first kappa shape index (κ1) is 16.2. The molecule has 1 N–H and O–H groups in total. The summed E-state index contributed by atoms with van der Waals surface area (Å²) in [5.74, 6) is 0.704. The molecule has 0 spiro atoms. The summed E-state index contributed by atoms with van der Waals surface area (Å²) in [4.78, 5) is 17.9. The van der Waals surface area contributed by atoms with E-state index < -0.39 is 9.84 Å². The first-order valence-corrected chi connectivity index (χ1v) is 9.70. The van der Waals surface area contributed by atoms with Gasteiger partial charge in [0.2, 0.25) is 0 Å². The Balaban J connectivity index is 1.72. The molecular formula is C17H22N2O3S. The van der Waals surface area contributed by atoms with Crippen molar-refractivity contribution in [1.29, 1.82) is 0 Å². The molecule has 0 saturated carbocycles. The van der Waals surface area contributed by atoms with Crippen LogP contribution in [0.4, 0.5) is 0 Å². The summed E-state index contributed by atoms with van der Waals surface area (Å²) in [6, 6.07) is 7.46. The number of aromatic nitrogens is 1. The van der Waals surface area contributed by atoms with Crippen LogP contribution in [0.3, 0.4) is 0 Å². The minimum atomic E-state index is -2.88. The largest absolute Gasteiger partial charge is 0.360 e. The second-order valence-corrected chi connectivity index (χ2v) is 8.73. The van der Waals surface area contributed by atoms with Crippen molar-refractivity contribution >= 4 is 26.5 Å². The van der Waals surface area contributed by atoms with E-state index in [2.05, 4.69) is 4.98 Å². The van der Waals surface area contributed by atoms with Gasteiger partial charge in [-0.15, -0.1) is 0 Å². The summed E-state index contributed by atoms with van der Waals surface area (Å²) in [5.41, 5.74) is 1.64. The Morgan fingerprint density at radius 1 is 1.39 bits per heavy atom. The van der Waals surface area contributed by atoms with E-state index in [-0.39, 0.29) is 29.2 Å². The molecule has 1 aliphatic heterocycles. The van der Waals surface area contributed by atoms with Gasteiger partial charge in [-0.1, -0.05) is 18.2 Å². The van der Waals surface area contributed by atoms with Crippen LogP contribution in [0.15, 0.2) is 30.5 Å². The average Bonchev–Trinajstić information content (AvgIpc) is 3.08. The van der Waals surface area contributed by atoms with Crippen LogP contribution in [0.2, 0.25) is 0 Å². The molecule has 1 saturated heterocycles. The van der Waals surface area contributed by atoms with E-state index in [0.29, 0.717) is 18.5 Å². The van der Waals surface area contributed by atoms with Crippen molar-refractivity contribution in [2.75, 3.05) is 25.1 Å². The SMILES string of the molecule is C[C@@H](C(=O)c1c[nH]c2ccccc12)N(C)C[C@H]1CCS(=O)(=O)C1. The normalized spacial score (nSPS) is 21.8. The summed E-state index contributed by atoms with van der Waals surface area (Å²) in [6.45, 7) is 2.52. The van der Waals surface area contributed by atoms with Gasteiger partial charge < -0.3 is 4.98 Å². The average molecular weight is 334 g/mol. The van der Waals surface area contributed by atoms with Gasteiger partial charge in [-0.3, -0.25) is 9.69 Å². The number of nitrogens with one attached hydrogen (secondary N) is 1. The van der Waals surface area contributed by atoms with Crippen LogP contribution >= 0.6 is 0 Å². The number of H-pyrrole nitrogens is 1. The Morgan fingerprint density at radius 3 is 2.83 bits per heavy atom. The zero-order valence-electron chi connectivity index (χ0n) is 13.5. The molecule has 1 aromatic carbocycles. The maximum atomic E-state index is 12.8. The molecule has 0 bridgehead atoms. The van der Waals surface area contributed by atoms with Crippen LogP contribution in [0.5, 0.6) is 0 Å². The minimum absolute atomic E-state index is 0.0609. The fourth-order valence-corrected chi connectivity index (χ4v) is 5.13. The molecule has 1 aliphatic rings. The summed E-state index contributed by atoms with van der Waals surface area (Å²) in [7, 11) is -0.984. The Morgan fingerprint density at radius 2 is 2.13 bits per heavy atom. The summed E-state index contributed by atoms with van der Waals surface area (Å²) in [6.07, 6.45) is 2.46. The van der Waals surface area contributed by atoms with Crippen molar-refractivity contribution in [2.24, 2.45) is 5.92 Å². The van der Waals surface area contributed by atoms with Gasteiger partial charge in [0.15, 0.2) is 15.6 Å². The lowest BCUT2D eigenvalue weighted by Crippen LogP contribution is -2.39. The molecule has 0 radical (unpaired) electrons. The third kappa shape index (κ3) is 3.33. The number of likely N-dealkylation sites (N-methyl/N-ethyl adjacent to an activating group) is 1. The van der Waals surface area contributed by atoms with Gasteiger partial charge in [0.25, 0.3) is 0 Å². The molecule has 3 rings (SSSR count). The Bertz CT molecular complexity index is 825. The highest BCUT2D eigenvalue weighted by Crippen LogP contribution is 2.23. The van der Waals surface area contributed by atoms with Crippen LogP contribution in [-0.4, -0.2) is 55.2 Å². The molecule has 1 aromatic heterocycles. The maximum Gasteiger partial charge on any atom is 0.181 e. The molecule has 5 nitrogen and oxygen atoms in total. The van der Waals surface area contributed by atoms with Gasteiger partial charge >= 0.3 is 0 Å². The Kier molecular flexibility index (Phi) is 4.29. The molecule has 6 heteroatoms. The number of benzene rings is 1. The topological polar surface area (TPSA) is 70.2 Å². The van der Waals surface area contributed by atoms with Crippen molar-refractivity contribution in [3.05, 3.63) is 36.0 Å².